The number of nitrogens with one attached hydrogen (secondary N) is 1. The first-order valence-corrected chi connectivity index (χ1v) is 7.69. The number of hydrogen-bond acceptors (Lipinski definition) is 3. The zero-order chi connectivity index (χ0) is 17.0. The van der Waals surface area contributed by atoms with Crippen molar-refractivity contribution in [2.75, 3.05) is 5.32 Å². The highest BCUT2D eigenvalue weighted by molar-refractivity contribution is 9.10. The third-order valence-electron chi connectivity index (χ3n) is 3.08. The van der Waals surface area contributed by atoms with Gasteiger partial charge in [-0.3, -0.25) is 9.48 Å². The molecule has 1 amide bonds. The number of benzene rings is 1. The van der Waals surface area contributed by atoms with Gasteiger partial charge in [-0.05, 0) is 47.5 Å². The average Bonchev–Trinajstić information content (AvgIpc) is 2.78. The van der Waals surface area contributed by atoms with Gasteiger partial charge in [0.25, 0.3) is 0 Å². The Morgan fingerprint density at radius 3 is 2.78 bits per heavy atom. The normalized spacial score (nSPS) is 10.9. The summed E-state index contributed by atoms with van der Waals surface area (Å²) in [4.78, 5) is 12.0. The quantitative estimate of drug-likeness (QED) is 0.817. The Morgan fingerprint density at radius 2 is 2.17 bits per heavy atom. The Morgan fingerprint density at radius 1 is 1.43 bits per heavy atom. The Hall–Kier alpha value is -1.96. The second kappa shape index (κ2) is 7.54. The molecular weight excluding hydrogens is 372 g/mol. The molecule has 1 aromatic carbocycles. The summed E-state index contributed by atoms with van der Waals surface area (Å²) in [5.41, 5.74) is 1.89. The number of nitrogens with zero attached hydrogens (tertiary/aromatic N) is 2. The van der Waals surface area contributed by atoms with E-state index in [0.29, 0.717) is 6.54 Å². The summed E-state index contributed by atoms with van der Waals surface area (Å²) in [5.74, 6) is -0.365. The molecule has 2 aromatic rings. The van der Waals surface area contributed by atoms with Crippen LogP contribution in [0.25, 0.3) is 0 Å². The van der Waals surface area contributed by atoms with Gasteiger partial charge in [0.2, 0.25) is 5.91 Å². The molecule has 0 aliphatic carbocycles. The van der Waals surface area contributed by atoms with E-state index in [4.69, 9.17) is 0 Å². The fourth-order valence-electron chi connectivity index (χ4n) is 1.98. The lowest BCUT2D eigenvalue weighted by Gasteiger charge is -2.12. The van der Waals surface area contributed by atoms with Crippen molar-refractivity contribution in [1.29, 1.82) is 0 Å². The van der Waals surface area contributed by atoms with E-state index in [1.54, 1.807) is 29.9 Å². The predicted octanol–water partition coefficient (Wildman–Crippen LogP) is 3.89. The summed E-state index contributed by atoms with van der Waals surface area (Å²) < 4.78 is 31.7. The number of ether oxygens (including phenoxy) is 1. The molecule has 2 rings (SSSR count). The van der Waals surface area contributed by atoms with Crippen LogP contribution in [0, 0.1) is 13.8 Å². The van der Waals surface area contributed by atoms with Crippen LogP contribution in [0.15, 0.2) is 28.9 Å². The highest BCUT2D eigenvalue weighted by atomic mass is 79.9. The van der Waals surface area contributed by atoms with Crippen LogP contribution in [0.3, 0.4) is 0 Å². The topological polar surface area (TPSA) is 56.1 Å². The van der Waals surface area contributed by atoms with Crippen LogP contribution in [0.2, 0.25) is 0 Å². The number of amides is 1. The van der Waals surface area contributed by atoms with Crippen LogP contribution in [-0.2, 0) is 11.3 Å². The van der Waals surface area contributed by atoms with Crippen molar-refractivity contribution in [2.45, 2.75) is 33.4 Å². The van der Waals surface area contributed by atoms with E-state index in [1.807, 2.05) is 6.92 Å². The minimum Gasteiger partial charge on any atom is -0.433 e. The Bertz CT molecular complexity index is 685. The van der Waals surface area contributed by atoms with Gasteiger partial charge in [0, 0.05) is 19.2 Å². The molecule has 0 bridgehead atoms. The molecule has 0 fully saturated rings. The molecule has 0 spiro atoms. The molecule has 5 nitrogen and oxygen atoms in total. The molecule has 0 radical (unpaired) electrons. The van der Waals surface area contributed by atoms with Crippen LogP contribution >= 0.6 is 15.9 Å². The number of hydrogen-bond donors (Lipinski definition) is 1. The smallest absolute Gasteiger partial charge is 0.387 e. The molecule has 0 unspecified atom stereocenters. The fourth-order valence-corrected chi connectivity index (χ4v) is 2.29. The van der Waals surface area contributed by atoms with E-state index in [-0.39, 0.29) is 23.8 Å². The zero-order valence-electron chi connectivity index (χ0n) is 12.6. The van der Waals surface area contributed by atoms with Gasteiger partial charge in [-0.2, -0.15) is 13.9 Å². The minimum atomic E-state index is -2.95. The third-order valence-corrected chi connectivity index (χ3v) is 3.86. The van der Waals surface area contributed by atoms with E-state index < -0.39 is 6.61 Å². The van der Waals surface area contributed by atoms with Crippen LogP contribution in [0.5, 0.6) is 5.75 Å². The van der Waals surface area contributed by atoms with Crippen molar-refractivity contribution >= 4 is 27.5 Å². The van der Waals surface area contributed by atoms with Crippen molar-refractivity contribution in [3.05, 3.63) is 40.1 Å². The molecule has 0 aliphatic rings. The first-order valence-electron chi connectivity index (χ1n) is 6.90. The largest absolute Gasteiger partial charge is 0.433 e. The lowest BCUT2D eigenvalue weighted by atomic mass is 10.2. The highest BCUT2D eigenvalue weighted by Gasteiger charge is 2.13. The number of anilines is 1. The van der Waals surface area contributed by atoms with Gasteiger partial charge in [-0.15, -0.1) is 0 Å². The van der Waals surface area contributed by atoms with E-state index >= 15 is 0 Å². The Labute approximate surface area is 140 Å². The van der Waals surface area contributed by atoms with Gasteiger partial charge >= 0.3 is 6.61 Å². The fraction of sp³-hybridized carbons (Fsp3) is 0.333. The highest BCUT2D eigenvalue weighted by Crippen LogP contribution is 2.27. The summed E-state index contributed by atoms with van der Waals surface area (Å²) in [6, 6.07) is 4.63. The van der Waals surface area contributed by atoms with Crippen molar-refractivity contribution in [3.63, 3.8) is 0 Å². The second-order valence-electron chi connectivity index (χ2n) is 5.00. The van der Waals surface area contributed by atoms with Gasteiger partial charge in [-0.1, -0.05) is 6.07 Å². The molecule has 0 atom stereocenters. The van der Waals surface area contributed by atoms with Gasteiger partial charge in [-0.25, -0.2) is 0 Å². The molecule has 1 heterocycles. The first kappa shape index (κ1) is 17.4. The summed E-state index contributed by atoms with van der Waals surface area (Å²) in [7, 11) is 0. The summed E-state index contributed by atoms with van der Waals surface area (Å²) in [6.45, 7) is 1.08. The lowest BCUT2D eigenvalue weighted by Crippen LogP contribution is -2.16. The maximum atomic E-state index is 12.4. The standard InChI is InChI=1S/C15H16BrF2N3O2/c1-9-3-4-13(23-15(17)18)12(7-9)19-14(22)5-6-21-8-11(16)10(2)20-21/h3-4,7-8,15H,5-6H2,1-2H3,(H,19,22). The molecule has 0 aliphatic heterocycles. The van der Waals surface area contributed by atoms with E-state index in [2.05, 4.69) is 31.1 Å². The molecule has 0 saturated carbocycles. The van der Waals surface area contributed by atoms with Crippen molar-refractivity contribution in [1.82, 2.24) is 9.78 Å². The van der Waals surface area contributed by atoms with Gasteiger partial charge in [0.1, 0.15) is 5.75 Å². The van der Waals surface area contributed by atoms with E-state index in [1.165, 1.54) is 6.07 Å². The summed E-state index contributed by atoms with van der Waals surface area (Å²) in [5, 5.41) is 6.82. The number of carbonyl (C=O) groups is 1. The van der Waals surface area contributed by atoms with Gasteiger partial charge < -0.3 is 10.1 Å². The molecular formula is C15H16BrF2N3O2. The van der Waals surface area contributed by atoms with Crippen molar-refractivity contribution < 1.29 is 18.3 Å². The summed E-state index contributed by atoms with van der Waals surface area (Å²) in [6.07, 6.45) is 1.94. The van der Waals surface area contributed by atoms with E-state index in [9.17, 15) is 13.6 Å². The van der Waals surface area contributed by atoms with Crippen molar-refractivity contribution in [2.24, 2.45) is 0 Å². The van der Waals surface area contributed by atoms with Crippen LogP contribution in [0.1, 0.15) is 17.7 Å². The van der Waals surface area contributed by atoms with Crippen molar-refractivity contribution in [3.8, 4) is 5.75 Å². The number of rotatable bonds is 6. The maximum absolute atomic E-state index is 12.4. The molecule has 124 valence electrons. The van der Waals surface area contributed by atoms with Crippen LogP contribution in [0.4, 0.5) is 14.5 Å². The Kier molecular flexibility index (Phi) is 5.70. The van der Waals surface area contributed by atoms with Gasteiger partial charge in [0.15, 0.2) is 0 Å². The van der Waals surface area contributed by atoms with E-state index in [0.717, 1.165) is 15.7 Å². The second-order valence-corrected chi connectivity index (χ2v) is 5.86. The third kappa shape index (κ3) is 5.02. The molecule has 1 aromatic heterocycles. The molecule has 0 saturated heterocycles. The lowest BCUT2D eigenvalue weighted by molar-refractivity contribution is -0.116. The number of aromatic nitrogens is 2. The van der Waals surface area contributed by atoms with Crippen LogP contribution in [-0.4, -0.2) is 22.3 Å². The number of halogens is 3. The van der Waals surface area contributed by atoms with Crippen LogP contribution < -0.4 is 10.1 Å². The molecule has 23 heavy (non-hydrogen) atoms. The average molecular weight is 388 g/mol. The first-order chi connectivity index (χ1) is 10.8. The number of aryl methyl sites for hydroxylation is 3. The predicted molar refractivity (Wildman–Crippen MR) is 85.7 cm³/mol. The zero-order valence-corrected chi connectivity index (χ0v) is 14.2. The SMILES string of the molecule is Cc1ccc(OC(F)F)c(NC(=O)CCn2cc(Br)c(C)n2)c1. The number of carbonyl (C=O) groups excluding carboxylic acids is 1. The Balaban J connectivity index is 2.00. The summed E-state index contributed by atoms with van der Waals surface area (Å²) >= 11 is 3.35. The maximum Gasteiger partial charge on any atom is 0.387 e. The molecule has 8 heteroatoms. The van der Waals surface area contributed by atoms with Gasteiger partial charge in [0.05, 0.1) is 15.9 Å². The minimum absolute atomic E-state index is 0.0587. The number of alkyl halides is 2. The molecule has 1 N–H and O–H groups in total. The monoisotopic (exact) mass is 387 g/mol.